The van der Waals surface area contributed by atoms with Crippen LogP contribution in [0.4, 0.5) is 10.1 Å². The van der Waals surface area contributed by atoms with Crippen LogP contribution in [0.25, 0.3) is 0 Å². The van der Waals surface area contributed by atoms with Crippen LogP contribution < -0.4 is 10.5 Å². The van der Waals surface area contributed by atoms with E-state index in [-0.39, 0.29) is 16.1 Å². The van der Waals surface area contributed by atoms with E-state index in [2.05, 4.69) is 4.72 Å². The predicted octanol–water partition coefficient (Wildman–Crippen LogP) is 2.18. The molecule has 1 aromatic rings. The maximum atomic E-state index is 13.9. The summed E-state index contributed by atoms with van der Waals surface area (Å²) in [6.07, 6.45) is 4.33. The van der Waals surface area contributed by atoms with E-state index < -0.39 is 15.8 Å². The minimum absolute atomic E-state index is 0.237. The van der Waals surface area contributed by atoms with Gasteiger partial charge in [0.2, 0.25) is 10.0 Å². The zero-order chi connectivity index (χ0) is 14.0. The Morgan fingerprint density at radius 1 is 1.37 bits per heavy atom. The Hall–Kier alpha value is -1.14. The Morgan fingerprint density at radius 3 is 2.63 bits per heavy atom. The van der Waals surface area contributed by atoms with Crippen molar-refractivity contribution in [3.63, 3.8) is 0 Å². The number of sulfonamides is 1. The Morgan fingerprint density at radius 2 is 2.00 bits per heavy atom. The van der Waals surface area contributed by atoms with Crippen LogP contribution in [0.15, 0.2) is 17.0 Å². The molecule has 4 nitrogen and oxygen atoms in total. The first kappa shape index (κ1) is 14.3. The summed E-state index contributed by atoms with van der Waals surface area (Å²) >= 11 is 0. The maximum absolute atomic E-state index is 13.9. The van der Waals surface area contributed by atoms with Crippen molar-refractivity contribution in [3.8, 4) is 0 Å². The lowest BCUT2D eigenvalue weighted by Crippen LogP contribution is -2.29. The number of hydrogen-bond donors (Lipinski definition) is 2. The molecule has 6 heteroatoms. The number of nitrogens with two attached hydrogens (primary N) is 1. The second-order valence-electron chi connectivity index (χ2n) is 5.15. The van der Waals surface area contributed by atoms with E-state index in [9.17, 15) is 12.8 Å². The fourth-order valence-electron chi connectivity index (χ4n) is 2.48. The summed E-state index contributed by atoms with van der Waals surface area (Å²) in [4.78, 5) is -0.358. The number of anilines is 1. The number of rotatable bonds is 4. The highest BCUT2D eigenvalue weighted by Crippen LogP contribution is 2.25. The van der Waals surface area contributed by atoms with E-state index in [1.54, 1.807) is 0 Å². The predicted molar refractivity (Wildman–Crippen MR) is 72.7 cm³/mol. The first-order valence-electron chi connectivity index (χ1n) is 6.45. The van der Waals surface area contributed by atoms with Gasteiger partial charge >= 0.3 is 0 Å². The van der Waals surface area contributed by atoms with Crippen molar-refractivity contribution in [2.24, 2.45) is 5.92 Å². The van der Waals surface area contributed by atoms with Crippen LogP contribution in [0.5, 0.6) is 0 Å². The average molecular weight is 286 g/mol. The summed E-state index contributed by atoms with van der Waals surface area (Å²) in [7, 11) is -3.83. The van der Waals surface area contributed by atoms with Crippen LogP contribution in [0.1, 0.15) is 31.2 Å². The fraction of sp³-hybridized carbons (Fsp3) is 0.538. The summed E-state index contributed by atoms with van der Waals surface area (Å²) in [6.45, 7) is 1.87. The molecule has 0 aromatic heterocycles. The quantitative estimate of drug-likeness (QED) is 0.833. The molecular formula is C13H19FN2O2S. The molecule has 0 unspecified atom stereocenters. The zero-order valence-electron chi connectivity index (χ0n) is 10.9. The van der Waals surface area contributed by atoms with E-state index in [0.29, 0.717) is 12.5 Å². The average Bonchev–Trinajstić information content (AvgIpc) is 2.84. The standard InChI is InChI=1S/C13H19FN2O2S/c1-9-6-11(15)7-12(13(9)14)19(17,18)16-8-10-4-2-3-5-10/h6-7,10,16H,2-5,8,15H2,1H3. The van der Waals surface area contributed by atoms with Gasteiger partial charge in [0.05, 0.1) is 0 Å². The molecule has 0 saturated heterocycles. The van der Waals surface area contributed by atoms with Crippen LogP contribution in [0.3, 0.4) is 0 Å². The summed E-state index contributed by atoms with van der Waals surface area (Å²) in [6, 6.07) is 2.59. The van der Waals surface area contributed by atoms with Gasteiger partial charge in [-0.2, -0.15) is 0 Å². The van der Waals surface area contributed by atoms with Crippen molar-refractivity contribution in [2.75, 3.05) is 12.3 Å². The lowest BCUT2D eigenvalue weighted by atomic mass is 10.1. The van der Waals surface area contributed by atoms with Crippen molar-refractivity contribution < 1.29 is 12.8 Å². The second kappa shape index (κ2) is 5.46. The molecule has 1 fully saturated rings. The molecule has 3 N–H and O–H groups in total. The lowest BCUT2D eigenvalue weighted by molar-refractivity contribution is 0.513. The maximum Gasteiger partial charge on any atom is 0.243 e. The molecule has 1 aliphatic carbocycles. The molecule has 1 saturated carbocycles. The first-order valence-corrected chi connectivity index (χ1v) is 7.94. The summed E-state index contributed by atoms with van der Waals surface area (Å²) in [5.74, 6) is -0.367. The number of nitrogens with one attached hydrogen (secondary N) is 1. The third kappa shape index (κ3) is 3.25. The molecule has 0 aliphatic heterocycles. The summed E-state index contributed by atoms with van der Waals surface area (Å²) < 4.78 is 40.6. The molecular weight excluding hydrogens is 267 g/mol. The van der Waals surface area contributed by atoms with Crippen molar-refractivity contribution in [2.45, 2.75) is 37.5 Å². The van der Waals surface area contributed by atoms with Gasteiger partial charge in [0.1, 0.15) is 10.7 Å². The van der Waals surface area contributed by atoms with Crippen molar-refractivity contribution in [3.05, 3.63) is 23.5 Å². The van der Waals surface area contributed by atoms with Gasteiger partial charge in [-0.05, 0) is 43.4 Å². The highest BCUT2D eigenvalue weighted by molar-refractivity contribution is 7.89. The number of benzene rings is 1. The van der Waals surface area contributed by atoms with Crippen LogP contribution in [-0.4, -0.2) is 15.0 Å². The molecule has 0 spiro atoms. The highest BCUT2D eigenvalue weighted by atomic mass is 32.2. The van der Waals surface area contributed by atoms with Gasteiger partial charge in [-0.3, -0.25) is 0 Å². The molecule has 2 rings (SSSR count). The van der Waals surface area contributed by atoms with Crippen molar-refractivity contribution in [1.29, 1.82) is 0 Å². The number of hydrogen-bond acceptors (Lipinski definition) is 3. The normalized spacial score (nSPS) is 16.9. The molecule has 1 aliphatic rings. The number of nitrogen functional groups attached to an aromatic ring is 1. The second-order valence-corrected chi connectivity index (χ2v) is 6.89. The topological polar surface area (TPSA) is 72.2 Å². The Bertz CT molecular complexity index is 566. The largest absolute Gasteiger partial charge is 0.399 e. The monoisotopic (exact) mass is 286 g/mol. The Kier molecular flexibility index (Phi) is 4.10. The van der Waals surface area contributed by atoms with Crippen molar-refractivity contribution in [1.82, 2.24) is 4.72 Å². The van der Waals surface area contributed by atoms with Crippen LogP contribution in [0.2, 0.25) is 0 Å². The molecule has 0 atom stereocenters. The first-order chi connectivity index (χ1) is 8.90. The van der Waals surface area contributed by atoms with Gasteiger partial charge in [-0.25, -0.2) is 17.5 Å². The molecule has 0 heterocycles. The third-order valence-corrected chi connectivity index (χ3v) is 4.99. The SMILES string of the molecule is Cc1cc(N)cc(S(=O)(=O)NCC2CCCC2)c1F. The molecule has 0 radical (unpaired) electrons. The van der Waals surface area contributed by atoms with E-state index in [1.165, 1.54) is 19.1 Å². The minimum atomic E-state index is -3.83. The number of aryl methyl sites for hydroxylation is 1. The molecule has 106 valence electrons. The zero-order valence-corrected chi connectivity index (χ0v) is 11.8. The number of halogens is 1. The lowest BCUT2D eigenvalue weighted by Gasteiger charge is -2.13. The van der Waals surface area contributed by atoms with Crippen LogP contribution in [-0.2, 0) is 10.0 Å². The van der Waals surface area contributed by atoms with Gasteiger partial charge in [-0.1, -0.05) is 12.8 Å². The molecule has 19 heavy (non-hydrogen) atoms. The van der Waals surface area contributed by atoms with Gasteiger partial charge in [0.25, 0.3) is 0 Å². The Balaban J connectivity index is 2.19. The summed E-state index contributed by atoms with van der Waals surface area (Å²) in [5, 5.41) is 0. The smallest absolute Gasteiger partial charge is 0.243 e. The third-order valence-electron chi connectivity index (χ3n) is 3.57. The van der Waals surface area contributed by atoms with E-state index >= 15 is 0 Å². The summed E-state index contributed by atoms with van der Waals surface area (Å²) in [5.41, 5.74) is 6.07. The fourth-order valence-corrected chi connectivity index (χ4v) is 3.78. The highest BCUT2D eigenvalue weighted by Gasteiger charge is 2.23. The van der Waals surface area contributed by atoms with E-state index in [4.69, 9.17) is 5.73 Å². The van der Waals surface area contributed by atoms with E-state index in [1.807, 2.05) is 0 Å². The van der Waals surface area contributed by atoms with Crippen LogP contribution >= 0.6 is 0 Å². The molecule has 0 bridgehead atoms. The molecule has 0 amide bonds. The van der Waals surface area contributed by atoms with E-state index in [0.717, 1.165) is 25.7 Å². The van der Waals surface area contributed by atoms with Gasteiger partial charge < -0.3 is 5.73 Å². The van der Waals surface area contributed by atoms with Gasteiger partial charge in [0.15, 0.2) is 0 Å². The van der Waals surface area contributed by atoms with Crippen LogP contribution in [0, 0.1) is 18.7 Å². The van der Waals surface area contributed by atoms with Gasteiger partial charge in [-0.15, -0.1) is 0 Å². The Labute approximate surface area is 113 Å². The van der Waals surface area contributed by atoms with Gasteiger partial charge in [0, 0.05) is 12.2 Å². The minimum Gasteiger partial charge on any atom is -0.399 e. The van der Waals surface area contributed by atoms with Crippen molar-refractivity contribution >= 4 is 15.7 Å². The molecule has 1 aromatic carbocycles.